The Bertz CT molecular complexity index is 1680. The molecule has 5 aromatic rings. The highest BCUT2D eigenvalue weighted by atomic mass is 32.2. The lowest BCUT2D eigenvalue weighted by Gasteiger charge is -2.13. The van der Waals surface area contributed by atoms with E-state index < -0.39 is 26.7 Å². The third-order valence-electron chi connectivity index (χ3n) is 5.50. The van der Waals surface area contributed by atoms with Crippen molar-refractivity contribution in [1.29, 1.82) is 0 Å². The Balaban J connectivity index is 1.48. The van der Waals surface area contributed by atoms with Crippen LogP contribution < -0.4 is 10.5 Å². The van der Waals surface area contributed by atoms with Crippen molar-refractivity contribution in [2.75, 3.05) is 10.5 Å². The lowest BCUT2D eigenvalue weighted by molar-refractivity contribution is -0.137. The number of hydrogen-bond donors (Lipinski definition) is 3. The molecule has 3 heterocycles. The van der Waals surface area contributed by atoms with E-state index in [1.807, 2.05) is 24.4 Å². The fourth-order valence-corrected chi connectivity index (χ4v) is 4.93. The van der Waals surface area contributed by atoms with Gasteiger partial charge in [-0.2, -0.15) is 13.2 Å². The van der Waals surface area contributed by atoms with Crippen LogP contribution in [0, 0.1) is 0 Å². The number of hydrogen-bond acceptors (Lipinski definition) is 5. The number of pyridine rings is 2. The van der Waals surface area contributed by atoms with Crippen molar-refractivity contribution in [3.8, 4) is 22.4 Å². The molecule has 0 amide bonds. The van der Waals surface area contributed by atoms with Gasteiger partial charge in [0.25, 0.3) is 10.0 Å². The summed E-state index contributed by atoms with van der Waals surface area (Å²) in [5, 5.41) is 0.888. The van der Waals surface area contributed by atoms with E-state index in [0.29, 0.717) is 23.0 Å². The van der Waals surface area contributed by atoms with Crippen molar-refractivity contribution < 1.29 is 21.6 Å². The van der Waals surface area contributed by atoms with Crippen molar-refractivity contribution in [2.45, 2.75) is 11.1 Å². The SMILES string of the molecule is Nc1cc(NS(=O)(=O)c2cccc(C(F)(F)F)c2)cc(-c2ccc3c(-c4ccncc4)c[nH]c3n2)c1. The molecule has 36 heavy (non-hydrogen) atoms. The molecule has 0 bridgehead atoms. The van der Waals surface area contributed by atoms with Gasteiger partial charge in [0.05, 0.1) is 21.8 Å². The van der Waals surface area contributed by atoms with Gasteiger partial charge in [0.2, 0.25) is 0 Å². The van der Waals surface area contributed by atoms with Crippen LogP contribution in [0.15, 0.2) is 90.2 Å². The zero-order valence-corrected chi connectivity index (χ0v) is 19.2. The first-order valence-corrected chi connectivity index (χ1v) is 12.1. The molecule has 0 fully saturated rings. The molecule has 0 aliphatic heterocycles. The maximum atomic E-state index is 13.0. The summed E-state index contributed by atoms with van der Waals surface area (Å²) < 4.78 is 67.1. The van der Waals surface area contributed by atoms with Gasteiger partial charge in [0.15, 0.2) is 0 Å². The standard InChI is InChI=1S/C25H18F3N5O2S/c26-25(27,28)17-2-1-3-20(12-17)36(34,35)33-19-11-16(10-18(29)13-19)23-5-4-21-22(14-31-24(21)32-23)15-6-8-30-9-7-15/h1-14,33H,29H2,(H,31,32). The third-order valence-corrected chi connectivity index (χ3v) is 6.88. The zero-order valence-electron chi connectivity index (χ0n) is 18.4. The molecule has 0 atom stereocenters. The molecule has 0 saturated carbocycles. The van der Waals surface area contributed by atoms with Gasteiger partial charge in [-0.15, -0.1) is 0 Å². The molecule has 3 aromatic heterocycles. The highest BCUT2D eigenvalue weighted by Gasteiger charge is 2.31. The number of H-pyrrole nitrogens is 1. The summed E-state index contributed by atoms with van der Waals surface area (Å²) in [6, 6.07) is 15.5. The highest BCUT2D eigenvalue weighted by molar-refractivity contribution is 7.92. The number of nitrogen functional groups attached to an aromatic ring is 1. The molecule has 0 aliphatic carbocycles. The number of aromatic amines is 1. The molecule has 0 radical (unpaired) electrons. The van der Waals surface area contributed by atoms with Crippen molar-refractivity contribution in [3.63, 3.8) is 0 Å². The summed E-state index contributed by atoms with van der Waals surface area (Å²) in [4.78, 5) is 11.3. The monoisotopic (exact) mass is 509 g/mol. The average molecular weight is 510 g/mol. The number of sulfonamides is 1. The summed E-state index contributed by atoms with van der Waals surface area (Å²) in [5.74, 6) is 0. The number of nitrogens with zero attached hydrogens (tertiary/aromatic N) is 2. The molecular weight excluding hydrogens is 491 g/mol. The number of alkyl halides is 3. The molecule has 0 unspecified atom stereocenters. The molecule has 5 rings (SSSR count). The maximum Gasteiger partial charge on any atom is 0.416 e. The van der Waals surface area contributed by atoms with Crippen LogP contribution >= 0.6 is 0 Å². The van der Waals surface area contributed by atoms with Crippen LogP contribution in [0.25, 0.3) is 33.4 Å². The second-order valence-corrected chi connectivity index (χ2v) is 9.69. The van der Waals surface area contributed by atoms with Crippen LogP contribution in [0.1, 0.15) is 5.56 Å². The Morgan fingerprint density at radius 1 is 0.917 bits per heavy atom. The molecule has 11 heteroatoms. The van der Waals surface area contributed by atoms with Gasteiger partial charge in [-0.3, -0.25) is 9.71 Å². The summed E-state index contributed by atoms with van der Waals surface area (Å²) in [5.41, 5.74) is 8.88. The minimum absolute atomic E-state index is 0.0910. The smallest absolute Gasteiger partial charge is 0.399 e. The summed E-state index contributed by atoms with van der Waals surface area (Å²) in [6.45, 7) is 0. The van der Waals surface area contributed by atoms with Crippen LogP contribution in [0.4, 0.5) is 24.5 Å². The van der Waals surface area contributed by atoms with E-state index in [4.69, 9.17) is 5.73 Å². The van der Waals surface area contributed by atoms with Crippen molar-refractivity contribution >= 4 is 32.4 Å². The quantitative estimate of drug-likeness (QED) is 0.263. The summed E-state index contributed by atoms with van der Waals surface area (Å²) in [7, 11) is -4.31. The highest BCUT2D eigenvalue weighted by Crippen LogP contribution is 2.33. The Hall–Kier alpha value is -4.38. The number of rotatable bonds is 5. The largest absolute Gasteiger partial charge is 0.416 e. The second-order valence-electron chi connectivity index (χ2n) is 8.01. The average Bonchev–Trinajstić information content (AvgIpc) is 3.27. The minimum Gasteiger partial charge on any atom is -0.399 e. The number of anilines is 2. The normalized spacial score (nSPS) is 12.1. The fraction of sp³-hybridized carbons (Fsp3) is 0.0400. The minimum atomic E-state index is -4.67. The molecule has 0 spiro atoms. The number of halogens is 3. The van der Waals surface area contributed by atoms with E-state index in [1.54, 1.807) is 24.5 Å². The van der Waals surface area contributed by atoms with E-state index in [0.717, 1.165) is 34.7 Å². The van der Waals surface area contributed by atoms with Crippen molar-refractivity contribution in [2.24, 2.45) is 0 Å². The van der Waals surface area contributed by atoms with Crippen LogP contribution in [0.2, 0.25) is 0 Å². The summed E-state index contributed by atoms with van der Waals surface area (Å²) in [6.07, 6.45) is 0.565. The first-order chi connectivity index (χ1) is 17.1. The van der Waals surface area contributed by atoms with E-state index in [1.165, 1.54) is 12.1 Å². The zero-order chi connectivity index (χ0) is 25.5. The predicted molar refractivity (Wildman–Crippen MR) is 131 cm³/mol. The Kier molecular flexibility index (Phi) is 5.64. The molecule has 0 saturated heterocycles. The first-order valence-electron chi connectivity index (χ1n) is 10.6. The van der Waals surface area contributed by atoms with E-state index in [9.17, 15) is 21.6 Å². The Labute approximate surface area is 203 Å². The van der Waals surface area contributed by atoms with Crippen molar-refractivity contribution in [3.05, 3.63) is 90.9 Å². The number of fused-ring (bicyclic) bond motifs is 1. The predicted octanol–water partition coefficient (Wildman–Crippen LogP) is 5.69. The van der Waals surface area contributed by atoms with Gasteiger partial charge in [0.1, 0.15) is 5.65 Å². The number of nitrogens with two attached hydrogens (primary N) is 1. The summed E-state index contributed by atoms with van der Waals surface area (Å²) >= 11 is 0. The topological polar surface area (TPSA) is 114 Å². The molecule has 4 N–H and O–H groups in total. The van der Waals surface area contributed by atoms with Crippen LogP contribution in [0.5, 0.6) is 0 Å². The van der Waals surface area contributed by atoms with Gasteiger partial charge in [-0.1, -0.05) is 6.07 Å². The number of aromatic nitrogens is 3. The number of benzene rings is 2. The van der Waals surface area contributed by atoms with Gasteiger partial charge < -0.3 is 10.7 Å². The van der Waals surface area contributed by atoms with E-state index in [-0.39, 0.29) is 11.4 Å². The van der Waals surface area contributed by atoms with E-state index >= 15 is 0 Å². The van der Waals surface area contributed by atoms with Gasteiger partial charge >= 0.3 is 6.18 Å². The second kappa shape index (κ2) is 8.68. The van der Waals surface area contributed by atoms with Crippen molar-refractivity contribution in [1.82, 2.24) is 15.0 Å². The van der Waals surface area contributed by atoms with E-state index in [2.05, 4.69) is 19.7 Å². The maximum absolute atomic E-state index is 13.0. The molecule has 0 aliphatic rings. The van der Waals surface area contributed by atoms with Gasteiger partial charge in [0, 0.05) is 40.8 Å². The van der Waals surface area contributed by atoms with Crippen LogP contribution in [-0.4, -0.2) is 23.4 Å². The molecule has 7 nitrogen and oxygen atoms in total. The van der Waals surface area contributed by atoms with Crippen LogP contribution in [-0.2, 0) is 16.2 Å². The molecule has 182 valence electrons. The molecule has 2 aromatic carbocycles. The fourth-order valence-electron chi connectivity index (χ4n) is 3.85. The third kappa shape index (κ3) is 4.60. The van der Waals surface area contributed by atoms with Gasteiger partial charge in [-0.05, 0) is 66.2 Å². The van der Waals surface area contributed by atoms with Crippen LogP contribution in [0.3, 0.4) is 0 Å². The number of nitrogens with one attached hydrogen (secondary N) is 2. The molecular formula is C25H18F3N5O2S. The Morgan fingerprint density at radius 2 is 1.69 bits per heavy atom. The van der Waals surface area contributed by atoms with Gasteiger partial charge in [-0.25, -0.2) is 13.4 Å². The first kappa shape index (κ1) is 23.4. The Morgan fingerprint density at radius 3 is 2.44 bits per heavy atom. The lowest BCUT2D eigenvalue weighted by atomic mass is 10.1. The lowest BCUT2D eigenvalue weighted by Crippen LogP contribution is -2.15.